The molecule has 0 unspecified atom stereocenters. The molecule has 0 bridgehead atoms. The van der Waals surface area contributed by atoms with Gasteiger partial charge in [-0.1, -0.05) is 121 Å². The van der Waals surface area contributed by atoms with E-state index in [1.807, 2.05) is 12.1 Å². The van der Waals surface area contributed by atoms with Gasteiger partial charge in [-0.2, -0.15) is 0 Å². The average molecular weight is 680 g/mol. The number of nitrogens with zero attached hydrogens (tertiary/aromatic N) is 1. The van der Waals surface area contributed by atoms with Crippen LogP contribution in [0.2, 0.25) is 0 Å². The largest absolute Gasteiger partial charge is 0.456 e. The van der Waals surface area contributed by atoms with E-state index in [4.69, 9.17) is 8.83 Å². The number of furan rings is 2. The average Bonchev–Trinajstić information content (AvgIpc) is 3.87. The molecule has 2 heterocycles. The van der Waals surface area contributed by atoms with Gasteiger partial charge in [0.2, 0.25) is 0 Å². The minimum Gasteiger partial charge on any atom is -0.456 e. The highest BCUT2D eigenvalue weighted by molar-refractivity contribution is 6.09. The molecule has 0 saturated heterocycles. The third-order valence-electron chi connectivity index (χ3n) is 11.3. The van der Waals surface area contributed by atoms with E-state index in [0.717, 1.165) is 72.1 Å². The minimum absolute atomic E-state index is 0.334. The van der Waals surface area contributed by atoms with Crippen LogP contribution in [0.3, 0.4) is 0 Å². The molecule has 3 heteroatoms. The highest BCUT2D eigenvalue weighted by atomic mass is 16.3. The van der Waals surface area contributed by atoms with Crippen LogP contribution in [0.4, 0.5) is 17.1 Å². The summed E-state index contributed by atoms with van der Waals surface area (Å²) in [5, 5.41) is 4.48. The molecule has 53 heavy (non-hydrogen) atoms. The first kappa shape index (κ1) is 29.8. The molecule has 250 valence electrons. The number of rotatable bonds is 5. The van der Waals surface area contributed by atoms with Crippen LogP contribution in [0.25, 0.3) is 66.1 Å². The van der Waals surface area contributed by atoms with Crippen LogP contribution < -0.4 is 4.90 Å². The van der Waals surface area contributed by atoms with Crippen LogP contribution in [0.5, 0.6) is 0 Å². The molecular formula is C50H33NO2. The van der Waals surface area contributed by atoms with Crippen molar-refractivity contribution in [1.29, 1.82) is 0 Å². The molecule has 10 aromatic rings. The lowest BCUT2D eigenvalue weighted by molar-refractivity contribution is 0.638. The van der Waals surface area contributed by atoms with Crippen molar-refractivity contribution in [2.75, 3.05) is 4.90 Å². The fourth-order valence-corrected chi connectivity index (χ4v) is 8.80. The van der Waals surface area contributed by atoms with Crippen LogP contribution in [-0.2, 0) is 5.41 Å². The molecule has 0 atom stereocenters. The van der Waals surface area contributed by atoms with Gasteiger partial charge >= 0.3 is 0 Å². The molecule has 0 spiro atoms. The van der Waals surface area contributed by atoms with Crippen molar-refractivity contribution in [3.05, 3.63) is 199 Å². The van der Waals surface area contributed by atoms with E-state index in [2.05, 4.69) is 182 Å². The van der Waals surface area contributed by atoms with Gasteiger partial charge in [-0.05, 0) is 101 Å². The maximum Gasteiger partial charge on any atom is 0.139 e. The van der Waals surface area contributed by atoms with Gasteiger partial charge in [-0.3, -0.25) is 0 Å². The Morgan fingerprint density at radius 3 is 1.72 bits per heavy atom. The maximum atomic E-state index is 6.77. The van der Waals surface area contributed by atoms with Crippen molar-refractivity contribution in [2.45, 2.75) is 12.3 Å². The van der Waals surface area contributed by atoms with Gasteiger partial charge in [0.1, 0.15) is 22.3 Å². The predicted molar refractivity (Wildman–Crippen MR) is 219 cm³/mol. The number of anilines is 3. The molecule has 11 rings (SSSR count). The first-order valence-electron chi connectivity index (χ1n) is 18.2. The Hall–Kier alpha value is -6.84. The standard InChI is InChI=1S/C50H33NO2/c1-50(43-18-8-5-14-37(43)38-15-6-9-19-44(38)50)45-20-11-17-40-41-30-33(24-28-48(41)53-49(40)45)32-22-25-35(26-23-32)51(34-12-3-2-4-13-34)36-27-29-47-42(31-36)39-16-7-10-21-46(39)52-47/h2-31H,1H3. The van der Waals surface area contributed by atoms with Gasteiger partial charge in [0.25, 0.3) is 0 Å². The van der Waals surface area contributed by atoms with Crippen molar-refractivity contribution in [2.24, 2.45) is 0 Å². The summed E-state index contributed by atoms with van der Waals surface area (Å²) in [5.41, 5.74) is 15.3. The van der Waals surface area contributed by atoms with Crippen molar-refractivity contribution in [3.8, 4) is 22.3 Å². The van der Waals surface area contributed by atoms with E-state index >= 15 is 0 Å². The lowest BCUT2D eigenvalue weighted by Gasteiger charge is -2.28. The molecule has 2 aromatic heterocycles. The Balaban J connectivity index is 1.00. The van der Waals surface area contributed by atoms with Gasteiger partial charge in [0, 0.05) is 49.6 Å². The number of fused-ring (bicyclic) bond motifs is 9. The lowest BCUT2D eigenvalue weighted by Crippen LogP contribution is -2.22. The topological polar surface area (TPSA) is 29.5 Å². The van der Waals surface area contributed by atoms with E-state index in [9.17, 15) is 0 Å². The zero-order valence-electron chi connectivity index (χ0n) is 29.1. The predicted octanol–water partition coefficient (Wildman–Crippen LogP) is 14.0. The van der Waals surface area contributed by atoms with Gasteiger partial charge in [-0.25, -0.2) is 0 Å². The summed E-state index contributed by atoms with van der Waals surface area (Å²) in [7, 11) is 0. The van der Waals surface area contributed by atoms with Crippen LogP contribution in [0, 0.1) is 0 Å². The van der Waals surface area contributed by atoms with Crippen LogP contribution in [0.15, 0.2) is 191 Å². The summed E-state index contributed by atoms with van der Waals surface area (Å²) in [5.74, 6) is 0. The van der Waals surface area contributed by atoms with Crippen molar-refractivity contribution in [1.82, 2.24) is 0 Å². The quantitative estimate of drug-likeness (QED) is 0.181. The van der Waals surface area contributed by atoms with E-state index < -0.39 is 0 Å². The molecular weight excluding hydrogens is 647 g/mol. The van der Waals surface area contributed by atoms with E-state index in [-0.39, 0.29) is 5.41 Å². The zero-order chi connectivity index (χ0) is 35.1. The first-order chi connectivity index (χ1) is 26.1. The van der Waals surface area contributed by atoms with Gasteiger partial charge in [-0.15, -0.1) is 0 Å². The monoisotopic (exact) mass is 679 g/mol. The molecule has 0 saturated carbocycles. The SMILES string of the molecule is CC1(c2cccc3c2oc2ccc(-c4ccc(N(c5ccccc5)c5ccc6oc7ccccc7c6c5)cc4)cc23)c2ccccc2-c2ccccc21. The second-order valence-electron chi connectivity index (χ2n) is 14.2. The number of benzene rings is 8. The lowest BCUT2D eigenvalue weighted by atomic mass is 9.74. The summed E-state index contributed by atoms with van der Waals surface area (Å²) >= 11 is 0. The molecule has 0 radical (unpaired) electrons. The third-order valence-corrected chi connectivity index (χ3v) is 11.3. The Morgan fingerprint density at radius 2 is 0.925 bits per heavy atom. The smallest absolute Gasteiger partial charge is 0.139 e. The highest BCUT2D eigenvalue weighted by Crippen LogP contribution is 2.54. The fraction of sp³-hybridized carbons (Fsp3) is 0.0400. The summed E-state index contributed by atoms with van der Waals surface area (Å²) in [6.45, 7) is 2.35. The van der Waals surface area contributed by atoms with Gasteiger partial charge in [0.15, 0.2) is 0 Å². The van der Waals surface area contributed by atoms with Crippen molar-refractivity contribution in [3.63, 3.8) is 0 Å². The van der Waals surface area contributed by atoms with Crippen LogP contribution in [0.1, 0.15) is 23.6 Å². The number of hydrogen-bond donors (Lipinski definition) is 0. The fourth-order valence-electron chi connectivity index (χ4n) is 8.80. The number of para-hydroxylation sites is 3. The Labute approximate surface area is 307 Å². The van der Waals surface area contributed by atoms with E-state index in [0.29, 0.717) is 0 Å². The molecule has 1 aliphatic carbocycles. The third kappa shape index (κ3) is 4.41. The Kier molecular flexibility index (Phi) is 6.38. The zero-order valence-corrected chi connectivity index (χ0v) is 29.1. The molecule has 0 aliphatic heterocycles. The molecule has 0 fully saturated rings. The summed E-state index contributed by atoms with van der Waals surface area (Å²) < 4.78 is 12.9. The van der Waals surface area contributed by atoms with Gasteiger partial charge < -0.3 is 13.7 Å². The van der Waals surface area contributed by atoms with Gasteiger partial charge in [0.05, 0.1) is 0 Å². The summed E-state index contributed by atoms with van der Waals surface area (Å²) in [6.07, 6.45) is 0. The van der Waals surface area contributed by atoms with Crippen LogP contribution in [-0.4, -0.2) is 0 Å². The number of hydrogen-bond acceptors (Lipinski definition) is 3. The summed E-state index contributed by atoms with van der Waals surface area (Å²) in [6, 6.07) is 64.9. The first-order valence-corrected chi connectivity index (χ1v) is 18.2. The Bertz CT molecular complexity index is 2980. The molecule has 3 nitrogen and oxygen atoms in total. The van der Waals surface area contributed by atoms with Crippen molar-refractivity contribution < 1.29 is 8.83 Å². The second-order valence-corrected chi connectivity index (χ2v) is 14.2. The minimum atomic E-state index is -0.334. The molecule has 0 N–H and O–H groups in total. The highest BCUT2D eigenvalue weighted by Gasteiger charge is 2.42. The maximum absolute atomic E-state index is 6.77. The molecule has 1 aliphatic rings. The van der Waals surface area contributed by atoms with E-state index in [1.54, 1.807) is 0 Å². The van der Waals surface area contributed by atoms with Crippen LogP contribution >= 0.6 is 0 Å². The normalized spacial score (nSPS) is 13.2. The second kappa shape index (κ2) is 11.3. The Morgan fingerprint density at radius 1 is 0.377 bits per heavy atom. The molecule has 8 aromatic carbocycles. The van der Waals surface area contributed by atoms with Crippen molar-refractivity contribution >= 4 is 60.9 Å². The summed E-state index contributed by atoms with van der Waals surface area (Å²) in [4.78, 5) is 2.30. The molecule has 0 amide bonds. The van der Waals surface area contributed by atoms with E-state index in [1.165, 1.54) is 27.8 Å².